The monoisotopic (exact) mass is 240 g/mol. The predicted octanol–water partition coefficient (Wildman–Crippen LogP) is 3.45. The maximum Gasteiger partial charge on any atom is 0.130 e. The van der Waals surface area contributed by atoms with E-state index in [4.69, 9.17) is 11.6 Å². The number of rotatable bonds is 0. The highest BCUT2D eigenvalue weighted by Crippen LogP contribution is 2.20. The number of fused-ring (bicyclic) bond motifs is 1. The molecule has 0 saturated heterocycles. The van der Waals surface area contributed by atoms with Gasteiger partial charge >= 0.3 is 0 Å². The Morgan fingerprint density at radius 3 is 3.00 bits per heavy atom. The van der Waals surface area contributed by atoms with Gasteiger partial charge in [0.25, 0.3) is 0 Å². The number of nitrogens with zero attached hydrogens (tertiary/aromatic N) is 1. The molecular weight excluding hydrogens is 237 g/mol. The van der Waals surface area contributed by atoms with Gasteiger partial charge in [0, 0.05) is 9.86 Å². The van der Waals surface area contributed by atoms with Crippen molar-refractivity contribution in [2.75, 3.05) is 0 Å². The molecular formula is C9H4BrClN. The minimum absolute atomic E-state index is 0.477. The van der Waals surface area contributed by atoms with E-state index in [1.54, 1.807) is 0 Å². The standard InChI is InChI=1S/C9H4BrClN/c10-8-2-1-6-4-9(11)12-5-7(6)3-8/h1-4H. The zero-order valence-electron chi connectivity index (χ0n) is 6.01. The molecule has 1 aromatic heterocycles. The lowest BCUT2D eigenvalue weighted by molar-refractivity contribution is 1.35. The van der Waals surface area contributed by atoms with Crippen LogP contribution in [0.2, 0.25) is 5.15 Å². The van der Waals surface area contributed by atoms with Crippen molar-refractivity contribution in [3.63, 3.8) is 0 Å². The summed E-state index contributed by atoms with van der Waals surface area (Å²) in [5.74, 6) is 0. The van der Waals surface area contributed by atoms with Crippen LogP contribution in [0.25, 0.3) is 10.8 Å². The molecule has 1 aromatic carbocycles. The van der Waals surface area contributed by atoms with Gasteiger partial charge in [-0.2, -0.15) is 0 Å². The van der Waals surface area contributed by atoms with Crippen LogP contribution in [-0.2, 0) is 0 Å². The van der Waals surface area contributed by atoms with E-state index in [1.165, 1.54) is 0 Å². The molecule has 1 radical (unpaired) electrons. The van der Waals surface area contributed by atoms with Gasteiger partial charge in [0.15, 0.2) is 0 Å². The van der Waals surface area contributed by atoms with E-state index in [0.29, 0.717) is 5.15 Å². The first-order chi connectivity index (χ1) is 5.75. The molecule has 0 saturated carbocycles. The van der Waals surface area contributed by atoms with Crippen LogP contribution in [0.4, 0.5) is 0 Å². The number of hydrogen-bond donors (Lipinski definition) is 0. The fourth-order valence-corrected chi connectivity index (χ4v) is 1.55. The molecule has 12 heavy (non-hydrogen) atoms. The Morgan fingerprint density at radius 1 is 1.33 bits per heavy atom. The lowest BCUT2D eigenvalue weighted by Gasteiger charge is -1.96. The Hall–Kier alpha value is -0.600. The smallest absolute Gasteiger partial charge is 0.130 e. The van der Waals surface area contributed by atoms with Crippen LogP contribution in [0.1, 0.15) is 0 Å². The minimum Gasteiger partial charge on any atom is -0.234 e. The molecule has 0 bridgehead atoms. The van der Waals surface area contributed by atoms with E-state index < -0.39 is 0 Å². The summed E-state index contributed by atoms with van der Waals surface area (Å²) in [4.78, 5) is 3.87. The van der Waals surface area contributed by atoms with Crippen LogP contribution in [-0.4, -0.2) is 4.98 Å². The highest BCUT2D eigenvalue weighted by Gasteiger charge is 1.96. The molecule has 59 valence electrons. The largest absolute Gasteiger partial charge is 0.234 e. The normalized spacial score (nSPS) is 10.5. The van der Waals surface area contributed by atoms with Crippen LogP contribution in [0.5, 0.6) is 0 Å². The van der Waals surface area contributed by atoms with Gasteiger partial charge in [-0.15, -0.1) is 0 Å². The Bertz CT molecular complexity index is 387. The van der Waals surface area contributed by atoms with Crippen molar-refractivity contribution in [2.45, 2.75) is 0 Å². The average molecular weight is 241 g/mol. The van der Waals surface area contributed by atoms with Crippen LogP contribution in [0, 0.1) is 6.20 Å². The van der Waals surface area contributed by atoms with Crippen molar-refractivity contribution in [3.05, 3.63) is 40.1 Å². The van der Waals surface area contributed by atoms with Crippen molar-refractivity contribution in [1.82, 2.24) is 4.98 Å². The maximum atomic E-state index is 5.70. The molecule has 0 amide bonds. The van der Waals surface area contributed by atoms with E-state index in [2.05, 4.69) is 27.1 Å². The van der Waals surface area contributed by atoms with Gasteiger partial charge < -0.3 is 0 Å². The lowest BCUT2D eigenvalue weighted by Crippen LogP contribution is -1.77. The Kier molecular flexibility index (Phi) is 2.03. The lowest BCUT2D eigenvalue weighted by atomic mass is 10.2. The van der Waals surface area contributed by atoms with Crippen molar-refractivity contribution in [2.24, 2.45) is 0 Å². The Balaban J connectivity index is 2.79. The van der Waals surface area contributed by atoms with Crippen molar-refractivity contribution >= 4 is 38.3 Å². The summed E-state index contributed by atoms with van der Waals surface area (Å²) < 4.78 is 1.02. The first-order valence-corrected chi connectivity index (χ1v) is 4.56. The summed E-state index contributed by atoms with van der Waals surface area (Å²) in [5.41, 5.74) is 0. The SMILES string of the molecule is Clc1cc2ccc(Br)cc2[c]n1. The fourth-order valence-electron chi connectivity index (χ4n) is 1.03. The Morgan fingerprint density at radius 2 is 2.17 bits per heavy atom. The van der Waals surface area contributed by atoms with Crippen molar-refractivity contribution < 1.29 is 0 Å². The first-order valence-electron chi connectivity index (χ1n) is 3.39. The van der Waals surface area contributed by atoms with Crippen LogP contribution >= 0.6 is 27.5 Å². The molecule has 2 rings (SSSR count). The summed E-state index contributed by atoms with van der Waals surface area (Å²) in [7, 11) is 0. The van der Waals surface area contributed by atoms with E-state index in [0.717, 1.165) is 15.2 Å². The topological polar surface area (TPSA) is 12.9 Å². The second kappa shape index (κ2) is 3.04. The van der Waals surface area contributed by atoms with E-state index in [-0.39, 0.29) is 0 Å². The number of aromatic nitrogens is 1. The zero-order chi connectivity index (χ0) is 8.55. The molecule has 3 heteroatoms. The quantitative estimate of drug-likeness (QED) is 0.644. The van der Waals surface area contributed by atoms with E-state index in [9.17, 15) is 0 Å². The number of halogens is 2. The summed E-state index contributed by atoms with van der Waals surface area (Å²) in [6.07, 6.45) is 2.85. The van der Waals surface area contributed by atoms with Crippen LogP contribution in [0.15, 0.2) is 28.7 Å². The van der Waals surface area contributed by atoms with Crippen LogP contribution in [0.3, 0.4) is 0 Å². The molecule has 0 N–H and O–H groups in total. The van der Waals surface area contributed by atoms with Gasteiger partial charge in [0.1, 0.15) is 5.15 Å². The van der Waals surface area contributed by atoms with Crippen molar-refractivity contribution in [3.8, 4) is 0 Å². The first kappa shape index (κ1) is 8.02. The van der Waals surface area contributed by atoms with Crippen LogP contribution < -0.4 is 0 Å². The summed E-state index contributed by atoms with van der Waals surface area (Å²) in [6, 6.07) is 7.72. The molecule has 1 heterocycles. The van der Waals surface area contributed by atoms with Crippen molar-refractivity contribution in [1.29, 1.82) is 0 Å². The molecule has 0 atom stereocenters. The maximum absolute atomic E-state index is 5.70. The third-order valence-electron chi connectivity index (χ3n) is 1.57. The second-order valence-electron chi connectivity index (χ2n) is 2.42. The van der Waals surface area contributed by atoms with Gasteiger partial charge in [-0.05, 0) is 23.6 Å². The minimum atomic E-state index is 0.477. The summed E-state index contributed by atoms with van der Waals surface area (Å²) >= 11 is 9.07. The average Bonchev–Trinajstić information content (AvgIpc) is 2.05. The molecule has 1 nitrogen and oxygen atoms in total. The molecule has 0 aliphatic heterocycles. The molecule has 2 aromatic rings. The molecule has 0 fully saturated rings. The highest BCUT2D eigenvalue weighted by atomic mass is 79.9. The fraction of sp³-hybridized carbons (Fsp3) is 0. The van der Waals surface area contributed by atoms with E-state index in [1.807, 2.05) is 24.3 Å². The third kappa shape index (κ3) is 1.45. The number of pyridine rings is 1. The van der Waals surface area contributed by atoms with Gasteiger partial charge in [0.05, 0.1) is 6.20 Å². The van der Waals surface area contributed by atoms with E-state index >= 15 is 0 Å². The second-order valence-corrected chi connectivity index (χ2v) is 3.73. The van der Waals surface area contributed by atoms with Gasteiger partial charge in [-0.3, -0.25) is 0 Å². The highest BCUT2D eigenvalue weighted by molar-refractivity contribution is 9.10. The summed E-state index contributed by atoms with van der Waals surface area (Å²) in [5, 5.41) is 2.50. The number of hydrogen-bond acceptors (Lipinski definition) is 1. The molecule has 0 aliphatic rings. The molecule has 0 unspecified atom stereocenters. The molecule has 0 spiro atoms. The van der Waals surface area contributed by atoms with Gasteiger partial charge in [0.2, 0.25) is 0 Å². The van der Waals surface area contributed by atoms with Gasteiger partial charge in [-0.1, -0.05) is 33.6 Å². The number of benzene rings is 1. The summed E-state index contributed by atoms with van der Waals surface area (Å²) in [6.45, 7) is 0. The third-order valence-corrected chi connectivity index (χ3v) is 2.26. The predicted molar refractivity (Wildman–Crippen MR) is 53.3 cm³/mol. The zero-order valence-corrected chi connectivity index (χ0v) is 8.35. The van der Waals surface area contributed by atoms with Gasteiger partial charge in [-0.25, -0.2) is 4.98 Å². The molecule has 0 aliphatic carbocycles. The Labute approximate surface area is 83.5 Å².